The molecule has 1 aromatic heterocycles. The first-order valence-corrected chi connectivity index (χ1v) is 9.85. The molecule has 0 fully saturated rings. The van der Waals surface area contributed by atoms with Gasteiger partial charge in [-0.2, -0.15) is 5.10 Å². The number of hydrogen-bond donors (Lipinski definition) is 1. The third-order valence-electron chi connectivity index (χ3n) is 5.17. The Morgan fingerprint density at radius 2 is 1.75 bits per heavy atom. The maximum atomic E-state index is 12.8. The quantitative estimate of drug-likeness (QED) is 0.656. The number of aromatic nitrogens is 2. The molecule has 3 aromatic rings. The van der Waals surface area contributed by atoms with Crippen LogP contribution in [0, 0.1) is 27.7 Å². The van der Waals surface area contributed by atoms with E-state index < -0.39 is 0 Å². The molecule has 1 N–H and O–H groups in total. The number of carbonyl (C=O) groups excluding carboxylic acids is 1. The molecule has 28 heavy (non-hydrogen) atoms. The topological polar surface area (TPSA) is 46.9 Å². The number of hydrogen-bond acceptors (Lipinski definition) is 2. The highest BCUT2D eigenvalue weighted by molar-refractivity contribution is 5.94. The summed E-state index contributed by atoms with van der Waals surface area (Å²) in [6.45, 7) is 11.1. The fourth-order valence-electron chi connectivity index (χ4n) is 3.63. The normalized spacial score (nSPS) is 12.0. The van der Waals surface area contributed by atoms with Gasteiger partial charge in [0.05, 0.1) is 18.3 Å². The van der Waals surface area contributed by atoms with Crippen LogP contribution in [0.15, 0.2) is 48.5 Å². The van der Waals surface area contributed by atoms with Crippen molar-refractivity contribution >= 4 is 5.91 Å². The van der Waals surface area contributed by atoms with Gasteiger partial charge in [0.1, 0.15) is 0 Å². The van der Waals surface area contributed by atoms with Gasteiger partial charge in [0, 0.05) is 11.3 Å². The summed E-state index contributed by atoms with van der Waals surface area (Å²) in [5.41, 5.74) is 7.60. The zero-order valence-corrected chi connectivity index (χ0v) is 17.4. The van der Waals surface area contributed by atoms with Crippen molar-refractivity contribution in [2.24, 2.45) is 0 Å². The summed E-state index contributed by atoms with van der Waals surface area (Å²) in [5.74, 6) is -0.0375. The van der Waals surface area contributed by atoms with Crippen molar-refractivity contribution in [3.8, 4) is 0 Å². The maximum absolute atomic E-state index is 12.8. The molecule has 0 bridgehead atoms. The van der Waals surface area contributed by atoms with Gasteiger partial charge in [0.15, 0.2) is 0 Å². The Bertz CT molecular complexity index is 970. The van der Waals surface area contributed by atoms with Crippen molar-refractivity contribution < 1.29 is 4.79 Å². The Hall–Kier alpha value is -2.88. The molecule has 0 aliphatic carbocycles. The minimum absolute atomic E-state index is 0.0162. The molecule has 0 aliphatic rings. The van der Waals surface area contributed by atoms with Gasteiger partial charge in [0.25, 0.3) is 5.91 Å². The van der Waals surface area contributed by atoms with E-state index in [1.807, 2.05) is 35.9 Å². The van der Waals surface area contributed by atoms with E-state index in [1.54, 1.807) is 0 Å². The van der Waals surface area contributed by atoms with Gasteiger partial charge in [-0.15, -0.1) is 0 Å². The van der Waals surface area contributed by atoms with E-state index >= 15 is 0 Å². The Morgan fingerprint density at radius 1 is 1.04 bits per heavy atom. The fraction of sp³-hybridized carbons (Fsp3) is 0.333. The summed E-state index contributed by atoms with van der Waals surface area (Å²) in [5, 5.41) is 7.68. The minimum Gasteiger partial charge on any atom is -0.345 e. The number of rotatable bonds is 6. The van der Waals surface area contributed by atoms with E-state index in [2.05, 4.69) is 62.4 Å². The summed E-state index contributed by atoms with van der Waals surface area (Å²) in [4.78, 5) is 12.8. The number of amides is 1. The zero-order valence-electron chi connectivity index (χ0n) is 17.4. The largest absolute Gasteiger partial charge is 0.345 e. The van der Waals surface area contributed by atoms with Gasteiger partial charge in [-0.1, -0.05) is 42.8 Å². The molecule has 4 nitrogen and oxygen atoms in total. The summed E-state index contributed by atoms with van der Waals surface area (Å²) < 4.78 is 1.98. The van der Waals surface area contributed by atoms with Crippen molar-refractivity contribution in [1.29, 1.82) is 0 Å². The van der Waals surface area contributed by atoms with Crippen LogP contribution < -0.4 is 5.32 Å². The summed E-state index contributed by atoms with van der Waals surface area (Å²) in [6, 6.07) is 16.3. The minimum atomic E-state index is -0.0375. The SMILES string of the molecule is CC[C@H](NC(=O)c1ccc(Cn2nc(C)cc2C)cc1)c1ccc(C)cc1C. The van der Waals surface area contributed by atoms with E-state index in [0.717, 1.165) is 23.4 Å². The molecular weight excluding hydrogens is 346 g/mol. The third-order valence-corrected chi connectivity index (χ3v) is 5.17. The third kappa shape index (κ3) is 4.50. The van der Waals surface area contributed by atoms with Crippen LogP contribution in [0.4, 0.5) is 0 Å². The van der Waals surface area contributed by atoms with E-state index in [0.29, 0.717) is 12.1 Å². The monoisotopic (exact) mass is 375 g/mol. The van der Waals surface area contributed by atoms with Crippen LogP contribution in [-0.2, 0) is 6.54 Å². The molecule has 0 unspecified atom stereocenters. The van der Waals surface area contributed by atoms with Gasteiger partial charge in [-0.25, -0.2) is 0 Å². The highest BCUT2D eigenvalue weighted by Crippen LogP contribution is 2.22. The molecule has 0 saturated heterocycles. The molecule has 1 atom stereocenters. The lowest BCUT2D eigenvalue weighted by molar-refractivity contribution is 0.0935. The van der Waals surface area contributed by atoms with Crippen LogP contribution in [0.25, 0.3) is 0 Å². The Morgan fingerprint density at radius 3 is 2.32 bits per heavy atom. The second-order valence-corrected chi connectivity index (χ2v) is 7.58. The summed E-state index contributed by atoms with van der Waals surface area (Å²) in [6.07, 6.45) is 0.853. The number of benzene rings is 2. The van der Waals surface area contributed by atoms with Crippen molar-refractivity contribution in [2.75, 3.05) is 0 Å². The van der Waals surface area contributed by atoms with Gasteiger partial charge in [-0.05, 0) is 69.0 Å². The molecule has 0 aliphatic heterocycles. The predicted molar refractivity (Wildman–Crippen MR) is 114 cm³/mol. The molecule has 0 saturated carbocycles. The number of nitrogens with one attached hydrogen (secondary N) is 1. The average molecular weight is 376 g/mol. The predicted octanol–water partition coefficient (Wildman–Crippen LogP) is 5.05. The van der Waals surface area contributed by atoms with Crippen molar-refractivity contribution in [3.05, 3.63) is 87.7 Å². The first-order valence-electron chi connectivity index (χ1n) is 9.85. The average Bonchev–Trinajstić information content (AvgIpc) is 2.97. The molecular formula is C24H29N3O. The van der Waals surface area contributed by atoms with E-state index in [1.165, 1.54) is 16.7 Å². The van der Waals surface area contributed by atoms with E-state index in [4.69, 9.17) is 0 Å². The number of aryl methyl sites for hydroxylation is 4. The van der Waals surface area contributed by atoms with Gasteiger partial charge < -0.3 is 5.32 Å². The lowest BCUT2D eigenvalue weighted by Crippen LogP contribution is -2.28. The summed E-state index contributed by atoms with van der Waals surface area (Å²) >= 11 is 0. The van der Waals surface area contributed by atoms with Crippen LogP contribution in [0.5, 0.6) is 0 Å². The maximum Gasteiger partial charge on any atom is 0.251 e. The molecule has 3 rings (SSSR count). The van der Waals surface area contributed by atoms with E-state index in [9.17, 15) is 4.79 Å². The van der Waals surface area contributed by atoms with Gasteiger partial charge in [0.2, 0.25) is 0 Å². The van der Waals surface area contributed by atoms with Crippen LogP contribution in [0.1, 0.15) is 63.4 Å². The van der Waals surface area contributed by atoms with Crippen LogP contribution in [0.3, 0.4) is 0 Å². The first kappa shape index (κ1) is 19.9. The van der Waals surface area contributed by atoms with Crippen molar-refractivity contribution in [3.63, 3.8) is 0 Å². The van der Waals surface area contributed by atoms with Crippen molar-refractivity contribution in [2.45, 2.75) is 53.6 Å². The zero-order chi connectivity index (χ0) is 20.3. The number of carbonyl (C=O) groups is 1. The van der Waals surface area contributed by atoms with Crippen LogP contribution in [-0.4, -0.2) is 15.7 Å². The second kappa shape index (κ2) is 8.42. The molecule has 2 aromatic carbocycles. The highest BCUT2D eigenvalue weighted by Gasteiger charge is 2.16. The van der Waals surface area contributed by atoms with Gasteiger partial charge in [-0.3, -0.25) is 9.48 Å². The van der Waals surface area contributed by atoms with Crippen LogP contribution in [0.2, 0.25) is 0 Å². The fourth-order valence-corrected chi connectivity index (χ4v) is 3.63. The lowest BCUT2D eigenvalue weighted by Gasteiger charge is -2.20. The first-order chi connectivity index (χ1) is 13.4. The molecule has 0 spiro atoms. The standard InChI is InChI=1S/C24H29N3O/c1-6-23(22-12-7-16(2)13-17(22)3)25-24(28)21-10-8-20(9-11-21)15-27-19(5)14-18(4)26-27/h7-14,23H,6,15H2,1-5H3,(H,25,28)/t23-/m0/s1. The molecule has 146 valence electrons. The molecule has 0 radical (unpaired) electrons. The van der Waals surface area contributed by atoms with Crippen LogP contribution >= 0.6 is 0 Å². The van der Waals surface area contributed by atoms with E-state index in [-0.39, 0.29) is 11.9 Å². The highest BCUT2D eigenvalue weighted by atomic mass is 16.1. The Balaban J connectivity index is 1.70. The summed E-state index contributed by atoms with van der Waals surface area (Å²) in [7, 11) is 0. The molecule has 1 heterocycles. The second-order valence-electron chi connectivity index (χ2n) is 7.58. The molecule has 1 amide bonds. The lowest BCUT2D eigenvalue weighted by atomic mass is 9.97. The number of nitrogens with zero attached hydrogens (tertiary/aromatic N) is 2. The van der Waals surface area contributed by atoms with Crippen molar-refractivity contribution in [1.82, 2.24) is 15.1 Å². The smallest absolute Gasteiger partial charge is 0.251 e. The molecule has 4 heteroatoms. The van der Waals surface area contributed by atoms with Gasteiger partial charge >= 0.3 is 0 Å². The Kier molecular flexibility index (Phi) is 5.98. The Labute approximate surface area is 167 Å².